The Kier molecular flexibility index (Phi) is 1.72. The van der Waals surface area contributed by atoms with Gasteiger partial charge in [0.05, 0.1) is 11.3 Å². The highest BCUT2D eigenvalue weighted by Crippen LogP contribution is 2.33. The Balaban J connectivity index is 2.57. The number of benzene rings is 1. The third-order valence-corrected chi connectivity index (χ3v) is 2.44. The van der Waals surface area contributed by atoms with Gasteiger partial charge in [0.25, 0.3) is 0 Å². The summed E-state index contributed by atoms with van der Waals surface area (Å²) in [5, 5.41) is 12.0. The van der Waals surface area contributed by atoms with Crippen molar-refractivity contribution in [1.82, 2.24) is 0 Å². The van der Waals surface area contributed by atoms with Crippen molar-refractivity contribution in [3.8, 4) is 0 Å². The van der Waals surface area contributed by atoms with Crippen molar-refractivity contribution in [2.45, 2.75) is 12.8 Å². The number of para-hydroxylation sites is 1. The number of carboxylic acid groups (broad SMARTS) is 1. The molecule has 2 rings (SSSR count). The summed E-state index contributed by atoms with van der Waals surface area (Å²) in [7, 11) is 0. The highest BCUT2D eigenvalue weighted by Gasteiger charge is 2.22. The van der Waals surface area contributed by atoms with Crippen LogP contribution in [0.2, 0.25) is 0 Å². The van der Waals surface area contributed by atoms with Gasteiger partial charge in [0.1, 0.15) is 0 Å². The summed E-state index contributed by atoms with van der Waals surface area (Å²) in [6.45, 7) is 2.92. The van der Waals surface area contributed by atoms with Crippen LogP contribution in [0, 0.1) is 0 Å². The first-order valence-electron chi connectivity index (χ1n) is 4.30. The number of fused-ring (bicyclic) bond motifs is 1. The predicted octanol–water partition coefficient (Wildman–Crippen LogP) is 1.91. The number of carboxylic acids is 1. The summed E-state index contributed by atoms with van der Waals surface area (Å²) in [6.07, 6.45) is 0. The van der Waals surface area contributed by atoms with Gasteiger partial charge in [-0.15, -0.1) is 0 Å². The van der Waals surface area contributed by atoms with E-state index < -0.39 is 5.97 Å². The molecule has 1 atom stereocenters. The quantitative estimate of drug-likeness (QED) is 0.689. The first-order chi connectivity index (χ1) is 6.20. The minimum absolute atomic E-state index is 0.377. The average molecular weight is 177 g/mol. The van der Waals surface area contributed by atoms with Crippen molar-refractivity contribution in [3.05, 3.63) is 29.3 Å². The molecule has 3 nitrogen and oxygen atoms in total. The molecule has 0 unspecified atom stereocenters. The van der Waals surface area contributed by atoms with E-state index in [1.165, 1.54) is 0 Å². The Hall–Kier alpha value is -1.51. The normalized spacial score (nSPS) is 19.3. The number of hydrogen-bond donors (Lipinski definition) is 2. The maximum atomic E-state index is 10.8. The molecule has 0 bridgehead atoms. The monoisotopic (exact) mass is 177 g/mol. The van der Waals surface area contributed by atoms with E-state index in [0.29, 0.717) is 11.5 Å². The maximum absolute atomic E-state index is 10.8. The summed E-state index contributed by atoms with van der Waals surface area (Å²) in [5.41, 5.74) is 2.28. The topological polar surface area (TPSA) is 49.3 Å². The van der Waals surface area contributed by atoms with E-state index >= 15 is 0 Å². The van der Waals surface area contributed by atoms with E-state index in [0.717, 1.165) is 17.8 Å². The van der Waals surface area contributed by atoms with Gasteiger partial charge in [-0.05, 0) is 11.6 Å². The van der Waals surface area contributed by atoms with Crippen LogP contribution in [0.4, 0.5) is 5.69 Å². The second-order valence-electron chi connectivity index (χ2n) is 3.36. The van der Waals surface area contributed by atoms with Gasteiger partial charge in [0, 0.05) is 12.5 Å². The second-order valence-corrected chi connectivity index (χ2v) is 3.36. The zero-order chi connectivity index (χ0) is 9.42. The molecule has 1 heterocycles. The molecule has 13 heavy (non-hydrogen) atoms. The highest BCUT2D eigenvalue weighted by atomic mass is 16.4. The van der Waals surface area contributed by atoms with Gasteiger partial charge < -0.3 is 10.4 Å². The number of nitrogens with one attached hydrogen (secondary N) is 1. The standard InChI is InChI=1S/C10H11NO2/c1-6-5-11-9-7(6)3-2-4-8(9)10(12)13/h2-4,6,11H,5H2,1H3,(H,12,13)/t6-/m0/s1. The van der Waals surface area contributed by atoms with Gasteiger partial charge in [0.15, 0.2) is 0 Å². The van der Waals surface area contributed by atoms with Crippen molar-refractivity contribution < 1.29 is 9.90 Å². The molecule has 1 aliphatic heterocycles. The highest BCUT2D eigenvalue weighted by molar-refractivity contribution is 5.95. The largest absolute Gasteiger partial charge is 0.478 e. The molecular weight excluding hydrogens is 166 g/mol. The summed E-state index contributed by atoms with van der Waals surface area (Å²) >= 11 is 0. The molecule has 0 fully saturated rings. The third kappa shape index (κ3) is 1.16. The molecule has 0 saturated heterocycles. The fourth-order valence-electron chi connectivity index (χ4n) is 1.72. The van der Waals surface area contributed by atoms with Gasteiger partial charge in [-0.2, -0.15) is 0 Å². The van der Waals surface area contributed by atoms with E-state index in [-0.39, 0.29) is 0 Å². The van der Waals surface area contributed by atoms with E-state index in [2.05, 4.69) is 12.2 Å². The Morgan fingerprint density at radius 1 is 1.62 bits per heavy atom. The van der Waals surface area contributed by atoms with Crippen molar-refractivity contribution in [2.75, 3.05) is 11.9 Å². The molecule has 0 aromatic heterocycles. The number of anilines is 1. The Labute approximate surface area is 76.4 Å². The van der Waals surface area contributed by atoms with E-state index in [1.54, 1.807) is 12.1 Å². The van der Waals surface area contributed by atoms with Gasteiger partial charge in [-0.25, -0.2) is 4.79 Å². The van der Waals surface area contributed by atoms with Crippen LogP contribution in [-0.2, 0) is 0 Å². The molecule has 1 aromatic rings. The molecule has 0 aliphatic carbocycles. The molecule has 68 valence electrons. The molecule has 0 spiro atoms. The minimum Gasteiger partial charge on any atom is -0.478 e. The third-order valence-electron chi connectivity index (χ3n) is 2.44. The Morgan fingerprint density at radius 3 is 3.08 bits per heavy atom. The molecule has 1 aliphatic rings. The van der Waals surface area contributed by atoms with Crippen LogP contribution in [0.15, 0.2) is 18.2 Å². The van der Waals surface area contributed by atoms with E-state index in [4.69, 9.17) is 5.11 Å². The average Bonchev–Trinajstić information content (AvgIpc) is 2.48. The van der Waals surface area contributed by atoms with Crippen LogP contribution in [0.25, 0.3) is 0 Å². The summed E-state index contributed by atoms with van der Waals surface area (Å²) < 4.78 is 0. The van der Waals surface area contributed by atoms with Crippen molar-refractivity contribution in [3.63, 3.8) is 0 Å². The molecule has 0 saturated carbocycles. The Morgan fingerprint density at radius 2 is 2.38 bits per heavy atom. The predicted molar refractivity (Wildman–Crippen MR) is 50.3 cm³/mol. The van der Waals surface area contributed by atoms with Crippen LogP contribution < -0.4 is 5.32 Å². The molecule has 0 radical (unpaired) electrons. The number of carbonyl (C=O) groups is 1. The summed E-state index contributed by atoms with van der Waals surface area (Å²) in [5.74, 6) is -0.451. The molecule has 2 N–H and O–H groups in total. The zero-order valence-electron chi connectivity index (χ0n) is 7.37. The number of aromatic carboxylic acids is 1. The van der Waals surface area contributed by atoms with E-state index in [1.807, 2.05) is 6.07 Å². The van der Waals surface area contributed by atoms with Gasteiger partial charge in [-0.1, -0.05) is 19.1 Å². The smallest absolute Gasteiger partial charge is 0.337 e. The van der Waals surface area contributed by atoms with Crippen LogP contribution in [0.5, 0.6) is 0 Å². The van der Waals surface area contributed by atoms with E-state index in [9.17, 15) is 4.79 Å². The van der Waals surface area contributed by atoms with Crippen LogP contribution in [0.3, 0.4) is 0 Å². The first kappa shape index (κ1) is 8.10. The maximum Gasteiger partial charge on any atom is 0.337 e. The lowest BCUT2D eigenvalue weighted by atomic mass is 10.0. The zero-order valence-corrected chi connectivity index (χ0v) is 7.37. The fraction of sp³-hybridized carbons (Fsp3) is 0.300. The Bertz CT molecular complexity index is 360. The lowest BCUT2D eigenvalue weighted by molar-refractivity contribution is 0.0698. The molecular formula is C10H11NO2. The van der Waals surface area contributed by atoms with Gasteiger partial charge in [0.2, 0.25) is 0 Å². The van der Waals surface area contributed by atoms with Crippen molar-refractivity contribution in [1.29, 1.82) is 0 Å². The van der Waals surface area contributed by atoms with Gasteiger partial charge >= 0.3 is 5.97 Å². The lowest BCUT2D eigenvalue weighted by Crippen LogP contribution is -2.02. The number of hydrogen-bond acceptors (Lipinski definition) is 2. The van der Waals surface area contributed by atoms with Crippen molar-refractivity contribution >= 4 is 11.7 Å². The fourth-order valence-corrected chi connectivity index (χ4v) is 1.72. The molecule has 1 aromatic carbocycles. The summed E-state index contributed by atoms with van der Waals surface area (Å²) in [6, 6.07) is 5.41. The molecule has 3 heteroatoms. The minimum atomic E-state index is -0.863. The van der Waals surface area contributed by atoms with Crippen LogP contribution in [-0.4, -0.2) is 17.6 Å². The van der Waals surface area contributed by atoms with Crippen LogP contribution >= 0.6 is 0 Å². The summed E-state index contributed by atoms with van der Waals surface area (Å²) in [4.78, 5) is 10.8. The number of rotatable bonds is 1. The SMILES string of the molecule is C[C@H]1CNc2c(C(=O)O)cccc21. The first-order valence-corrected chi connectivity index (χ1v) is 4.30. The second kappa shape index (κ2) is 2.76. The van der Waals surface area contributed by atoms with Gasteiger partial charge in [-0.3, -0.25) is 0 Å². The lowest BCUT2D eigenvalue weighted by Gasteiger charge is -2.04. The van der Waals surface area contributed by atoms with Crippen molar-refractivity contribution in [2.24, 2.45) is 0 Å². The molecule has 0 amide bonds. The van der Waals surface area contributed by atoms with Crippen LogP contribution in [0.1, 0.15) is 28.8 Å².